The van der Waals surface area contributed by atoms with Gasteiger partial charge in [-0.05, 0) is 29.8 Å². The summed E-state index contributed by atoms with van der Waals surface area (Å²) in [4.78, 5) is 10.4. The van der Waals surface area contributed by atoms with Crippen LogP contribution in [0.2, 0.25) is 5.02 Å². The summed E-state index contributed by atoms with van der Waals surface area (Å²) in [5.74, 6) is -0.272. The Morgan fingerprint density at radius 1 is 1.33 bits per heavy atom. The summed E-state index contributed by atoms with van der Waals surface area (Å²) in [5.41, 5.74) is 0.869. The molecule has 0 saturated carbocycles. The average molecular weight is 311 g/mol. The summed E-state index contributed by atoms with van der Waals surface area (Å²) in [7, 11) is 1.43. The van der Waals surface area contributed by atoms with Crippen LogP contribution in [0.15, 0.2) is 36.4 Å². The second kappa shape index (κ2) is 6.45. The van der Waals surface area contributed by atoms with Crippen molar-refractivity contribution in [3.63, 3.8) is 0 Å². The molecule has 0 atom stereocenters. The summed E-state index contributed by atoms with van der Waals surface area (Å²) in [6, 6.07) is 9.63. The van der Waals surface area contributed by atoms with Gasteiger partial charge in [-0.1, -0.05) is 23.7 Å². The lowest BCUT2D eigenvalue weighted by Gasteiger charge is -2.13. The molecule has 21 heavy (non-hydrogen) atoms. The molecule has 0 aliphatic carbocycles. The zero-order valence-electron chi connectivity index (χ0n) is 11.1. The van der Waals surface area contributed by atoms with Gasteiger partial charge in [0.1, 0.15) is 18.2 Å². The van der Waals surface area contributed by atoms with Crippen molar-refractivity contribution in [2.45, 2.75) is 6.61 Å². The highest BCUT2D eigenvalue weighted by molar-refractivity contribution is 6.30. The van der Waals surface area contributed by atoms with Gasteiger partial charge in [-0.15, -0.1) is 0 Å². The molecule has 0 aliphatic heterocycles. The van der Waals surface area contributed by atoms with E-state index in [-0.39, 0.29) is 17.7 Å². The summed E-state index contributed by atoms with van der Waals surface area (Å²) >= 11 is 5.92. The molecule has 0 heterocycles. The molecule has 2 aromatic rings. The van der Waals surface area contributed by atoms with Crippen LogP contribution >= 0.6 is 11.6 Å². The van der Waals surface area contributed by atoms with Crippen molar-refractivity contribution in [2.75, 3.05) is 7.11 Å². The largest absolute Gasteiger partial charge is 0.506 e. The highest BCUT2D eigenvalue weighted by Gasteiger charge is 2.17. The molecule has 1 N–H and O–H groups in total. The number of rotatable bonds is 4. The topological polar surface area (TPSA) is 55.8 Å². The van der Waals surface area contributed by atoms with Crippen molar-refractivity contribution < 1.29 is 23.8 Å². The molecule has 110 valence electrons. The highest BCUT2D eigenvalue weighted by Crippen LogP contribution is 2.35. The van der Waals surface area contributed by atoms with Gasteiger partial charge in [0.05, 0.1) is 12.7 Å². The van der Waals surface area contributed by atoms with Crippen LogP contribution in [-0.4, -0.2) is 18.4 Å². The molecule has 0 spiro atoms. The van der Waals surface area contributed by atoms with Gasteiger partial charge < -0.3 is 14.6 Å². The fourth-order valence-corrected chi connectivity index (χ4v) is 2.13. The van der Waals surface area contributed by atoms with E-state index in [1.807, 2.05) is 0 Å². The van der Waals surface area contributed by atoms with E-state index in [2.05, 4.69) is 4.74 Å². The first-order valence-electron chi connectivity index (χ1n) is 6.00. The van der Waals surface area contributed by atoms with Gasteiger partial charge in [0, 0.05) is 10.6 Å². The number of carbonyl (C=O) groups is 1. The fourth-order valence-electron chi connectivity index (χ4n) is 1.94. The minimum atomic E-state index is -1.46. The van der Waals surface area contributed by atoms with Crippen molar-refractivity contribution in [1.29, 1.82) is 0 Å². The van der Waals surface area contributed by atoms with Gasteiger partial charge in [0.25, 0.3) is 0 Å². The molecule has 6 heteroatoms. The molecule has 2 aromatic carbocycles. The Hall–Kier alpha value is -2.27. The van der Waals surface area contributed by atoms with E-state index in [0.717, 1.165) is 0 Å². The first-order valence-corrected chi connectivity index (χ1v) is 6.37. The number of halogens is 2. The molecule has 0 aromatic heterocycles. The number of carboxylic acid groups (broad SMARTS) is 1. The van der Waals surface area contributed by atoms with E-state index in [0.29, 0.717) is 16.3 Å². The fraction of sp³-hybridized carbons (Fsp3) is 0.133. The van der Waals surface area contributed by atoms with Crippen LogP contribution in [0.25, 0.3) is 11.1 Å². The third-order valence-electron chi connectivity index (χ3n) is 2.87. The van der Waals surface area contributed by atoms with E-state index in [1.165, 1.54) is 13.2 Å². The SMILES string of the molecule is COc1ccc(COC(=O)O)c(F)c1-c1cccc(Cl)c1. The molecule has 0 saturated heterocycles. The highest BCUT2D eigenvalue weighted by atomic mass is 35.5. The summed E-state index contributed by atoms with van der Waals surface area (Å²) in [6.07, 6.45) is -1.46. The van der Waals surface area contributed by atoms with Gasteiger partial charge in [-0.25, -0.2) is 9.18 Å². The second-order valence-corrected chi connectivity index (χ2v) is 4.62. The molecule has 0 radical (unpaired) electrons. The van der Waals surface area contributed by atoms with Gasteiger partial charge in [-0.2, -0.15) is 0 Å². The predicted octanol–water partition coefficient (Wildman–Crippen LogP) is 4.35. The van der Waals surface area contributed by atoms with Crippen LogP contribution in [0.1, 0.15) is 5.56 Å². The normalized spacial score (nSPS) is 10.2. The summed E-state index contributed by atoms with van der Waals surface area (Å²) in [6.45, 7) is -0.376. The van der Waals surface area contributed by atoms with Crippen LogP contribution < -0.4 is 4.74 Å². The Morgan fingerprint density at radius 3 is 2.71 bits per heavy atom. The smallest absolute Gasteiger partial charge is 0.496 e. The Bertz CT molecular complexity index is 673. The van der Waals surface area contributed by atoms with Crippen LogP contribution in [0.3, 0.4) is 0 Å². The van der Waals surface area contributed by atoms with E-state index in [4.69, 9.17) is 21.4 Å². The van der Waals surface area contributed by atoms with Crippen LogP contribution in [0.5, 0.6) is 5.75 Å². The van der Waals surface area contributed by atoms with Crippen molar-refractivity contribution in [1.82, 2.24) is 0 Å². The second-order valence-electron chi connectivity index (χ2n) is 4.18. The van der Waals surface area contributed by atoms with Crippen LogP contribution in [-0.2, 0) is 11.3 Å². The molecule has 0 amide bonds. The number of benzene rings is 2. The summed E-state index contributed by atoms with van der Waals surface area (Å²) in [5, 5.41) is 8.96. The third kappa shape index (κ3) is 3.44. The predicted molar refractivity (Wildman–Crippen MR) is 76.2 cm³/mol. The third-order valence-corrected chi connectivity index (χ3v) is 3.10. The van der Waals surface area contributed by atoms with Gasteiger partial charge >= 0.3 is 6.16 Å². The molecule has 0 unspecified atom stereocenters. The quantitative estimate of drug-likeness (QED) is 0.853. The maximum absolute atomic E-state index is 14.6. The van der Waals surface area contributed by atoms with E-state index in [9.17, 15) is 9.18 Å². The first kappa shape index (κ1) is 15.1. The van der Waals surface area contributed by atoms with Crippen molar-refractivity contribution in [3.05, 3.63) is 52.8 Å². The number of ether oxygens (including phenoxy) is 2. The minimum Gasteiger partial charge on any atom is -0.496 e. The molecular weight excluding hydrogens is 299 g/mol. The molecular formula is C15H12ClFO4. The van der Waals surface area contributed by atoms with E-state index >= 15 is 0 Å². The van der Waals surface area contributed by atoms with Gasteiger partial charge in [0.15, 0.2) is 0 Å². The maximum atomic E-state index is 14.6. The first-order chi connectivity index (χ1) is 10.0. The Kier molecular flexibility index (Phi) is 4.65. The molecule has 0 aliphatic rings. The van der Waals surface area contributed by atoms with Crippen molar-refractivity contribution in [3.8, 4) is 16.9 Å². The lowest BCUT2D eigenvalue weighted by Crippen LogP contribution is -2.04. The standard InChI is InChI=1S/C15H12ClFO4/c1-20-12-6-5-10(8-21-15(18)19)14(17)13(12)9-3-2-4-11(16)7-9/h2-7H,8H2,1H3,(H,18,19). The minimum absolute atomic E-state index is 0.119. The van der Waals surface area contributed by atoms with Gasteiger partial charge in [-0.3, -0.25) is 0 Å². The lowest BCUT2D eigenvalue weighted by atomic mass is 10.0. The van der Waals surface area contributed by atoms with Crippen LogP contribution in [0.4, 0.5) is 9.18 Å². The number of hydrogen-bond donors (Lipinski definition) is 1. The average Bonchev–Trinajstić information content (AvgIpc) is 2.45. The number of methoxy groups -OCH3 is 1. The van der Waals surface area contributed by atoms with Crippen LogP contribution in [0, 0.1) is 5.82 Å². The lowest BCUT2D eigenvalue weighted by molar-refractivity contribution is 0.0845. The van der Waals surface area contributed by atoms with Crippen molar-refractivity contribution in [2.24, 2.45) is 0 Å². The molecule has 4 nitrogen and oxygen atoms in total. The summed E-state index contributed by atoms with van der Waals surface area (Å²) < 4.78 is 24.2. The van der Waals surface area contributed by atoms with Gasteiger partial charge in [0.2, 0.25) is 0 Å². The monoisotopic (exact) mass is 310 g/mol. The molecule has 2 rings (SSSR count). The van der Waals surface area contributed by atoms with Crippen molar-refractivity contribution >= 4 is 17.8 Å². The zero-order chi connectivity index (χ0) is 15.4. The Labute approximate surface area is 125 Å². The van der Waals surface area contributed by atoms with E-state index in [1.54, 1.807) is 30.3 Å². The zero-order valence-corrected chi connectivity index (χ0v) is 11.9. The Balaban J connectivity index is 2.51. The van der Waals surface area contributed by atoms with E-state index < -0.39 is 12.0 Å². The maximum Gasteiger partial charge on any atom is 0.506 e. The molecule has 0 fully saturated rings. The molecule has 0 bridgehead atoms. The Morgan fingerprint density at radius 2 is 2.10 bits per heavy atom. The number of hydrogen-bond acceptors (Lipinski definition) is 3.